The zero-order valence-corrected chi connectivity index (χ0v) is 22.3. The fourth-order valence-electron chi connectivity index (χ4n) is 4.68. The first kappa shape index (κ1) is 25.0. The molecule has 3 heterocycles. The summed E-state index contributed by atoms with van der Waals surface area (Å²) in [6.45, 7) is 16.5. The molecule has 7 nitrogen and oxygen atoms in total. The lowest BCUT2D eigenvalue weighted by molar-refractivity contribution is -0.133. The number of aromatic nitrogens is 3. The predicted octanol–water partition coefficient (Wildman–Crippen LogP) is 4.53. The highest BCUT2D eigenvalue weighted by atomic mass is 16.2. The van der Waals surface area contributed by atoms with Crippen LogP contribution >= 0.6 is 0 Å². The molecule has 2 aromatic heterocycles. The number of hydrogen-bond donors (Lipinski definition) is 0. The Morgan fingerprint density at radius 1 is 0.886 bits per heavy atom. The summed E-state index contributed by atoms with van der Waals surface area (Å²) in [4.78, 5) is 34.5. The Hall–Kier alpha value is -3.09. The summed E-state index contributed by atoms with van der Waals surface area (Å²) in [5.41, 5.74) is 4.58. The first-order valence-corrected chi connectivity index (χ1v) is 12.5. The van der Waals surface area contributed by atoms with Crippen LogP contribution in [0.1, 0.15) is 48.0 Å². The van der Waals surface area contributed by atoms with Gasteiger partial charge < -0.3 is 9.80 Å². The van der Waals surface area contributed by atoms with Crippen molar-refractivity contribution in [3.63, 3.8) is 0 Å². The molecule has 7 heteroatoms. The number of amides is 1. The van der Waals surface area contributed by atoms with Crippen LogP contribution in [0.15, 0.2) is 41.2 Å². The topological polar surface area (TPSA) is 63.4 Å². The third-order valence-electron chi connectivity index (χ3n) is 6.46. The van der Waals surface area contributed by atoms with E-state index in [1.54, 1.807) is 11.6 Å². The van der Waals surface area contributed by atoms with Gasteiger partial charge in [0.05, 0.1) is 11.2 Å². The van der Waals surface area contributed by atoms with Gasteiger partial charge in [-0.3, -0.25) is 13.9 Å². The van der Waals surface area contributed by atoms with Gasteiger partial charge in [-0.1, -0.05) is 53.7 Å². The van der Waals surface area contributed by atoms with Gasteiger partial charge in [-0.05, 0) is 35.1 Å². The van der Waals surface area contributed by atoms with Crippen LogP contribution in [0.4, 0.5) is 5.69 Å². The SMILES string of the molecule is Cn1c(=O)n(CC(C)(C)C)c2ccc(-c3ccc(N4CCN(C(=O)CC(C)(C)C)CC4)cc3)nc21. The van der Waals surface area contributed by atoms with Gasteiger partial charge in [0, 0.05) is 57.4 Å². The van der Waals surface area contributed by atoms with E-state index in [0.717, 1.165) is 48.6 Å². The van der Waals surface area contributed by atoms with Gasteiger partial charge in [0.15, 0.2) is 5.65 Å². The molecule has 0 bridgehead atoms. The molecule has 1 amide bonds. The van der Waals surface area contributed by atoms with E-state index in [-0.39, 0.29) is 22.4 Å². The molecule has 188 valence electrons. The maximum absolute atomic E-state index is 12.8. The number of imidazole rings is 1. The second kappa shape index (κ2) is 9.17. The van der Waals surface area contributed by atoms with Gasteiger partial charge in [0.2, 0.25) is 5.91 Å². The van der Waals surface area contributed by atoms with Gasteiger partial charge >= 0.3 is 5.69 Å². The summed E-state index contributed by atoms with van der Waals surface area (Å²) in [6.07, 6.45) is 0.588. The fourth-order valence-corrected chi connectivity index (χ4v) is 4.68. The molecule has 1 fully saturated rings. The summed E-state index contributed by atoms with van der Waals surface area (Å²) in [5.74, 6) is 0.250. The molecule has 0 saturated carbocycles. The van der Waals surface area contributed by atoms with Gasteiger partial charge in [0.1, 0.15) is 0 Å². The molecule has 0 unspecified atom stereocenters. The van der Waals surface area contributed by atoms with Crippen molar-refractivity contribution < 1.29 is 4.79 Å². The molecule has 1 aliphatic rings. The standard InChI is InChI=1S/C28H39N5O2/c1-27(2,3)18-24(34)32-16-14-31(15-17-32)21-10-8-20(9-11-21)22-12-13-23-25(29-22)30(7)26(35)33(23)19-28(4,5)6/h8-13H,14-19H2,1-7H3. The van der Waals surface area contributed by atoms with Crippen molar-refractivity contribution in [1.82, 2.24) is 19.0 Å². The Balaban J connectivity index is 1.48. The van der Waals surface area contributed by atoms with Crippen molar-refractivity contribution in [3.05, 3.63) is 46.9 Å². The highest BCUT2D eigenvalue weighted by Crippen LogP contribution is 2.26. The summed E-state index contributed by atoms with van der Waals surface area (Å²) in [7, 11) is 1.79. The van der Waals surface area contributed by atoms with E-state index < -0.39 is 0 Å². The molecule has 35 heavy (non-hydrogen) atoms. The van der Waals surface area contributed by atoms with Crippen molar-refractivity contribution in [3.8, 4) is 11.3 Å². The van der Waals surface area contributed by atoms with Crippen LogP contribution in [0, 0.1) is 10.8 Å². The molecule has 1 saturated heterocycles. The van der Waals surface area contributed by atoms with Crippen molar-refractivity contribution >= 4 is 22.8 Å². The second-order valence-electron chi connectivity index (χ2n) is 12.2. The number of carbonyl (C=O) groups excluding carboxylic acids is 1. The third-order valence-corrected chi connectivity index (χ3v) is 6.46. The molecule has 0 radical (unpaired) electrons. The number of piperazine rings is 1. The maximum atomic E-state index is 12.8. The zero-order chi connectivity index (χ0) is 25.5. The Labute approximate surface area is 208 Å². The Bertz CT molecular complexity index is 1260. The summed E-state index contributed by atoms with van der Waals surface area (Å²) < 4.78 is 3.46. The van der Waals surface area contributed by atoms with Gasteiger partial charge in [-0.15, -0.1) is 0 Å². The summed E-state index contributed by atoms with van der Waals surface area (Å²) in [5, 5.41) is 0. The lowest BCUT2D eigenvalue weighted by Gasteiger charge is -2.37. The summed E-state index contributed by atoms with van der Waals surface area (Å²) in [6, 6.07) is 12.4. The van der Waals surface area contributed by atoms with Gasteiger partial charge in [-0.25, -0.2) is 9.78 Å². The van der Waals surface area contributed by atoms with Gasteiger partial charge in [-0.2, -0.15) is 0 Å². The van der Waals surface area contributed by atoms with Crippen LogP contribution in [-0.4, -0.2) is 51.1 Å². The number of rotatable bonds is 4. The maximum Gasteiger partial charge on any atom is 0.330 e. The van der Waals surface area contributed by atoms with Crippen LogP contribution in [0.3, 0.4) is 0 Å². The Morgan fingerprint density at radius 3 is 2.09 bits per heavy atom. The van der Waals surface area contributed by atoms with Crippen LogP contribution in [0.25, 0.3) is 22.4 Å². The van der Waals surface area contributed by atoms with Crippen LogP contribution in [0.5, 0.6) is 0 Å². The van der Waals surface area contributed by atoms with Crippen LogP contribution < -0.4 is 10.6 Å². The number of hydrogen-bond acceptors (Lipinski definition) is 4. The molecule has 0 atom stereocenters. The highest BCUT2D eigenvalue weighted by molar-refractivity contribution is 5.78. The van der Waals surface area contributed by atoms with E-state index in [4.69, 9.17) is 4.98 Å². The molecule has 4 rings (SSSR count). The van der Waals surface area contributed by atoms with Gasteiger partial charge in [0.25, 0.3) is 0 Å². The minimum atomic E-state index is -0.0324. The van der Waals surface area contributed by atoms with E-state index >= 15 is 0 Å². The van der Waals surface area contributed by atoms with Crippen LogP contribution in [-0.2, 0) is 18.4 Å². The minimum absolute atomic E-state index is 0.00201. The molecule has 1 aromatic carbocycles. The quantitative estimate of drug-likeness (QED) is 0.554. The average molecular weight is 478 g/mol. The number of carbonyl (C=O) groups is 1. The van der Waals surface area contributed by atoms with E-state index in [1.807, 2.05) is 21.6 Å². The van der Waals surface area contributed by atoms with Crippen molar-refractivity contribution in [1.29, 1.82) is 0 Å². The van der Waals surface area contributed by atoms with E-state index in [0.29, 0.717) is 18.6 Å². The van der Waals surface area contributed by atoms with Crippen molar-refractivity contribution in [2.75, 3.05) is 31.1 Å². The number of nitrogens with zero attached hydrogens (tertiary/aromatic N) is 5. The van der Waals surface area contributed by atoms with E-state index in [2.05, 4.69) is 70.7 Å². The van der Waals surface area contributed by atoms with Crippen LogP contribution in [0.2, 0.25) is 0 Å². The smallest absolute Gasteiger partial charge is 0.330 e. The second-order valence-corrected chi connectivity index (χ2v) is 12.2. The highest BCUT2D eigenvalue weighted by Gasteiger charge is 2.25. The normalized spacial score (nSPS) is 15.2. The number of benzene rings is 1. The van der Waals surface area contributed by atoms with Crippen molar-refractivity contribution in [2.45, 2.75) is 54.5 Å². The molecule has 0 spiro atoms. The Kier molecular flexibility index (Phi) is 6.56. The number of pyridine rings is 1. The molecule has 3 aromatic rings. The molecular formula is C28H39N5O2. The fraction of sp³-hybridized carbons (Fsp3) is 0.536. The molecule has 1 aliphatic heterocycles. The minimum Gasteiger partial charge on any atom is -0.368 e. The van der Waals surface area contributed by atoms with Crippen molar-refractivity contribution in [2.24, 2.45) is 17.9 Å². The predicted molar refractivity (Wildman–Crippen MR) is 143 cm³/mol. The van der Waals surface area contributed by atoms with E-state index in [1.165, 1.54) is 0 Å². The molecular weight excluding hydrogens is 438 g/mol. The largest absolute Gasteiger partial charge is 0.368 e. The summed E-state index contributed by atoms with van der Waals surface area (Å²) >= 11 is 0. The average Bonchev–Trinajstić information content (AvgIpc) is 3.01. The zero-order valence-electron chi connectivity index (χ0n) is 22.3. The number of aryl methyl sites for hydroxylation is 1. The number of fused-ring (bicyclic) bond motifs is 1. The monoisotopic (exact) mass is 477 g/mol. The molecule has 0 N–H and O–H groups in total. The first-order valence-electron chi connectivity index (χ1n) is 12.5. The lowest BCUT2D eigenvalue weighted by atomic mass is 9.91. The third kappa shape index (κ3) is 5.60. The van der Waals surface area contributed by atoms with E-state index in [9.17, 15) is 9.59 Å². The molecule has 0 aliphatic carbocycles. The first-order chi connectivity index (χ1) is 16.3. The lowest BCUT2D eigenvalue weighted by Crippen LogP contribution is -2.49. The Morgan fingerprint density at radius 2 is 1.51 bits per heavy atom. The number of anilines is 1.